The normalized spacial score (nSPS) is 14.8. The molecule has 1 N–H and O–H groups in total. The molecule has 0 saturated carbocycles. The molecule has 0 fully saturated rings. The number of hydrogen-bond acceptors (Lipinski definition) is 3. The van der Waals surface area contributed by atoms with Crippen molar-refractivity contribution in [3.63, 3.8) is 0 Å². The van der Waals surface area contributed by atoms with Crippen molar-refractivity contribution in [1.82, 2.24) is 10.2 Å². The lowest BCUT2D eigenvalue weighted by molar-refractivity contribution is -0.138. The first kappa shape index (κ1) is 17.5. The first-order valence-corrected chi connectivity index (χ1v) is 6.52. The molecule has 0 aliphatic carbocycles. The predicted octanol–water partition coefficient (Wildman–Crippen LogP) is 3.48. The molecular weight excluding hydrogens is 450 g/mol. The lowest BCUT2D eigenvalue weighted by Crippen LogP contribution is -2.35. The van der Waals surface area contributed by atoms with Crippen molar-refractivity contribution >= 4 is 45.9 Å². The highest BCUT2D eigenvalue weighted by molar-refractivity contribution is 14.0. The van der Waals surface area contributed by atoms with E-state index in [1.54, 1.807) is 6.07 Å². The van der Waals surface area contributed by atoms with Gasteiger partial charge in [-0.05, 0) is 17.7 Å². The Morgan fingerprint density at radius 3 is 2.65 bits per heavy atom. The largest absolute Gasteiger partial charge is 0.416 e. The number of nitrogens with zero attached hydrogens (tertiary/aromatic N) is 2. The highest BCUT2D eigenvalue weighted by Gasteiger charge is 2.33. The molecule has 0 unspecified atom stereocenters. The van der Waals surface area contributed by atoms with Crippen LogP contribution in [0.1, 0.15) is 11.1 Å². The highest BCUT2D eigenvalue weighted by Crippen LogP contribution is 2.33. The van der Waals surface area contributed by atoms with Crippen LogP contribution >= 0.6 is 39.9 Å². The van der Waals surface area contributed by atoms with E-state index in [1.807, 2.05) is 11.9 Å². The van der Waals surface area contributed by atoms with Crippen LogP contribution in [0.25, 0.3) is 0 Å². The summed E-state index contributed by atoms with van der Waals surface area (Å²) in [5, 5.41) is 2.94. The summed E-state index contributed by atoms with van der Waals surface area (Å²) >= 11 is 3.06. The van der Waals surface area contributed by atoms with Crippen molar-refractivity contribution in [3.8, 4) is 0 Å². The van der Waals surface area contributed by atoms with Gasteiger partial charge in [-0.15, -0.1) is 24.0 Å². The Labute approximate surface area is 140 Å². The number of likely N-dealkylation sites (N-methyl/N-ethyl adjacent to an activating group) is 1. The van der Waals surface area contributed by atoms with E-state index < -0.39 is 11.7 Å². The van der Waals surface area contributed by atoms with E-state index in [0.717, 1.165) is 12.6 Å². The van der Waals surface area contributed by atoms with Crippen LogP contribution in [0.2, 0.25) is 0 Å². The second-order valence-corrected chi connectivity index (χ2v) is 5.20. The van der Waals surface area contributed by atoms with E-state index in [1.165, 1.54) is 6.07 Å². The molecular formula is C12H14BrF3IN3. The minimum atomic E-state index is -4.36. The fourth-order valence-corrected chi connectivity index (χ4v) is 2.23. The Morgan fingerprint density at radius 1 is 1.40 bits per heavy atom. The molecule has 20 heavy (non-hydrogen) atoms. The Kier molecular flexibility index (Phi) is 6.11. The van der Waals surface area contributed by atoms with Crippen molar-refractivity contribution in [2.24, 2.45) is 4.99 Å². The number of aliphatic imine (C=N–C) groups is 1. The quantitative estimate of drug-likeness (QED) is 0.680. The zero-order valence-corrected chi connectivity index (χ0v) is 14.6. The van der Waals surface area contributed by atoms with Gasteiger partial charge in [-0.25, -0.2) is 0 Å². The SMILES string of the molecule is CN1CCN=C1NCc1ccc(Br)cc1C(F)(F)F.I. The maximum absolute atomic E-state index is 12.9. The third kappa shape index (κ3) is 4.24. The molecule has 1 aromatic carbocycles. The average molecular weight is 464 g/mol. The predicted molar refractivity (Wildman–Crippen MR) is 86.3 cm³/mol. The third-order valence-electron chi connectivity index (χ3n) is 2.87. The van der Waals surface area contributed by atoms with Gasteiger partial charge in [0.2, 0.25) is 0 Å². The van der Waals surface area contributed by atoms with Gasteiger partial charge in [-0.3, -0.25) is 4.99 Å². The third-order valence-corrected chi connectivity index (χ3v) is 3.37. The molecule has 1 heterocycles. The van der Waals surface area contributed by atoms with Gasteiger partial charge in [0.15, 0.2) is 5.96 Å². The monoisotopic (exact) mass is 463 g/mol. The van der Waals surface area contributed by atoms with Crippen molar-refractivity contribution in [3.05, 3.63) is 33.8 Å². The fraction of sp³-hybridized carbons (Fsp3) is 0.417. The molecule has 8 heteroatoms. The number of nitrogens with one attached hydrogen (secondary N) is 1. The van der Waals surface area contributed by atoms with Gasteiger partial charge in [-0.1, -0.05) is 22.0 Å². The van der Waals surface area contributed by atoms with Gasteiger partial charge in [0.1, 0.15) is 0 Å². The Morgan fingerprint density at radius 2 is 2.10 bits per heavy atom. The van der Waals surface area contributed by atoms with Crippen LogP contribution in [-0.2, 0) is 12.7 Å². The first-order chi connectivity index (χ1) is 8.88. The maximum atomic E-state index is 12.9. The van der Waals surface area contributed by atoms with Crippen LogP contribution in [0.5, 0.6) is 0 Å². The molecule has 0 atom stereocenters. The molecule has 0 bridgehead atoms. The Hall–Kier alpha value is -0.510. The van der Waals surface area contributed by atoms with Crippen molar-refractivity contribution in [2.75, 3.05) is 20.1 Å². The summed E-state index contributed by atoms with van der Waals surface area (Å²) in [6.07, 6.45) is -4.36. The summed E-state index contributed by atoms with van der Waals surface area (Å²) < 4.78 is 39.2. The fourth-order valence-electron chi connectivity index (χ4n) is 1.86. The van der Waals surface area contributed by atoms with Gasteiger partial charge < -0.3 is 10.2 Å². The van der Waals surface area contributed by atoms with Crippen LogP contribution in [-0.4, -0.2) is 31.0 Å². The van der Waals surface area contributed by atoms with Gasteiger partial charge in [0.25, 0.3) is 0 Å². The zero-order chi connectivity index (χ0) is 14.0. The molecule has 112 valence electrons. The lowest BCUT2D eigenvalue weighted by Gasteiger charge is -2.18. The van der Waals surface area contributed by atoms with E-state index in [9.17, 15) is 13.2 Å². The van der Waals surface area contributed by atoms with Crippen LogP contribution in [0.3, 0.4) is 0 Å². The number of alkyl halides is 3. The van der Waals surface area contributed by atoms with Gasteiger partial charge in [0, 0.05) is 24.6 Å². The molecule has 0 amide bonds. The molecule has 3 nitrogen and oxygen atoms in total. The second-order valence-electron chi connectivity index (χ2n) is 4.28. The summed E-state index contributed by atoms with van der Waals surface area (Å²) in [4.78, 5) is 6.06. The summed E-state index contributed by atoms with van der Waals surface area (Å²) in [7, 11) is 1.85. The topological polar surface area (TPSA) is 27.6 Å². The number of benzene rings is 1. The Balaban J connectivity index is 0.00000200. The van der Waals surface area contributed by atoms with Crippen LogP contribution < -0.4 is 5.32 Å². The summed E-state index contributed by atoms with van der Waals surface area (Å²) in [6, 6.07) is 4.17. The molecule has 0 radical (unpaired) electrons. The average Bonchev–Trinajstić information content (AvgIpc) is 2.72. The maximum Gasteiger partial charge on any atom is 0.416 e. The minimum absolute atomic E-state index is 0. The molecule has 1 aromatic rings. The highest BCUT2D eigenvalue weighted by atomic mass is 127. The number of halogens is 5. The molecule has 1 aliphatic heterocycles. The van der Waals surface area contributed by atoms with Crippen molar-refractivity contribution in [1.29, 1.82) is 0 Å². The second kappa shape index (κ2) is 6.97. The lowest BCUT2D eigenvalue weighted by atomic mass is 10.1. The molecule has 0 aromatic heterocycles. The van der Waals surface area contributed by atoms with Crippen molar-refractivity contribution < 1.29 is 13.2 Å². The van der Waals surface area contributed by atoms with Gasteiger partial charge >= 0.3 is 6.18 Å². The number of hydrogen-bond donors (Lipinski definition) is 1. The molecule has 0 spiro atoms. The van der Waals surface area contributed by atoms with Gasteiger partial charge in [0.05, 0.1) is 12.1 Å². The summed E-state index contributed by atoms with van der Waals surface area (Å²) in [5.74, 6) is 0.635. The van der Waals surface area contributed by atoms with Crippen LogP contribution in [0, 0.1) is 0 Å². The Bertz CT molecular complexity index is 505. The first-order valence-electron chi connectivity index (χ1n) is 5.73. The van der Waals surface area contributed by atoms with E-state index in [4.69, 9.17) is 0 Å². The van der Waals surface area contributed by atoms with E-state index in [0.29, 0.717) is 17.0 Å². The van der Waals surface area contributed by atoms with Crippen LogP contribution in [0.15, 0.2) is 27.7 Å². The molecule has 1 aliphatic rings. The van der Waals surface area contributed by atoms with E-state index >= 15 is 0 Å². The smallest absolute Gasteiger partial charge is 0.352 e. The minimum Gasteiger partial charge on any atom is -0.352 e. The molecule has 0 saturated heterocycles. The summed E-state index contributed by atoms with van der Waals surface area (Å²) in [5.41, 5.74) is -0.422. The van der Waals surface area contributed by atoms with E-state index in [2.05, 4.69) is 26.2 Å². The number of rotatable bonds is 2. The van der Waals surface area contributed by atoms with Crippen LogP contribution in [0.4, 0.5) is 13.2 Å². The summed E-state index contributed by atoms with van der Waals surface area (Å²) in [6.45, 7) is 1.56. The number of guanidine groups is 1. The molecule has 2 rings (SSSR count). The zero-order valence-electron chi connectivity index (χ0n) is 10.7. The van der Waals surface area contributed by atoms with Gasteiger partial charge in [-0.2, -0.15) is 13.2 Å². The van der Waals surface area contributed by atoms with E-state index in [-0.39, 0.29) is 36.1 Å². The standard InChI is InChI=1S/C12H13BrF3N3.HI/c1-19-5-4-17-11(19)18-7-8-2-3-9(13)6-10(8)12(14,15)16;/h2-3,6H,4-5,7H2,1H3,(H,17,18);1H. The van der Waals surface area contributed by atoms with Crippen molar-refractivity contribution in [2.45, 2.75) is 12.7 Å².